The Morgan fingerprint density at radius 1 is 0.661 bits per heavy atom. The number of morpholine rings is 2. The lowest BCUT2D eigenvalue weighted by molar-refractivity contribution is 0.0161. The third-order valence-corrected chi connectivity index (χ3v) is 10.2. The largest absolute Gasteiger partial charge is 0.477 e. The van der Waals surface area contributed by atoms with Crippen LogP contribution in [0.5, 0.6) is 11.8 Å². The molecule has 0 saturated carbocycles. The van der Waals surface area contributed by atoms with Crippen LogP contribution in [0.1, 0.15) is 39.1 Å². The molecule has 300 valence electrons. The molecule has 0 aromatic carbocycles. The van der Waals surface area contributed by atoms with E-state index in [9.17, 15) is 0 Å². The average Bonchev–Trinajstić information content (AvgIpc) is 4.03. The van der Waals surface area contributed by atoms with E-state index in [2.05, 4.69) is 88.2 Å². The number of H-pyrrole nitrogens is 2. The van der Waals surface area contributed by atoms with Crippen molar-refractivity contribution < 1.29 is 18.9 Å². The van der Waals surface area contributed by atoms with Gasteiger partial charge >= 0.3 is 0 Å². The molecule has 18 nitrogen and oxygen atoms in total. The molecule has 2 aliphatic heterocycles. The molecule has 0 bridgehead atoms. The van der Waals surface area contributed by atoms with Crippen LogP contribution in [0.2, 0.25) is 0 Å². The quantitative estimate of drug-likeness (QED) is 0.120. The number of hydrogen-bond donors (Lipinski definition) is 4. The van der Waals surface area contributed by atoms with E-state index < -0.39 is 0 Å². The molecule has 6 aromatic rings. The number of hydrogen-bond acceptors (Lipinski definition) is 14. The summed E-state index contributed by atoms with van der Waals surface area (Å²) in [4.78, 5) is 29.2. The summed E-state index contributed by atoms with van der Waals surface area (Å²) in [5, 5.41) is 17.4. The Kier molecular flexibility index (Phi) is 12.6. The molecule has 8 heterocycles. The predicted octanol–water partition coefficient (Wildman–Crippen LogP) is 4.65. The third kappa shape index (κ3) is 9.04. The standard InChI is InChI=1S/2C19H27N7O2/c2*1-4-28-18-15-5-6-20-17(15)23-19(24-18)22-16-11-21-26(14(16)3)12-13(2)25-7-9-27-10-8-25/h2*5-6,11,13H,4,7-10,12H2,1-3H3,(H2,20,22,23,24). The summed E-state index contributed by atoms with van der Waals surface area (Å²) in [7, 11) is 0. The number of aromatic nitrogens is 10. The van der Waals surface area contributed by atoms with Gasteiger partial charge in [-0.05, 0) is 53.7 Å². The lowest BCUT2D eigenvalue weighted by Gasteiger charge is -2.32. The predicted molar refractivity (Wildman–Crippen MR) is 214 cm³/mol. The van der Waals surface area contributed by atoms with Gasteiger partial charge in [0.2, 0.25) is 23.7 Å². The van der Waals surface area contributed by atoms with Crippen molar-refractivity contribution in [3.63, 3.8) is 0 Å². The van der Waals surface area contributed by atoms with Gasteiger partial charge in [-0.15, -0.1) is 0 Å². The van der Waals surface area contributed by atoms with Gasteiger partial charge in [0.15, 0.2) is 0 Å². The molecule has 6 aromatic heterocycles. The minimum Gasteiger partial charge on any atom is -0.477 e. The van der Waals surface area contributed by atoms with Gasteiger partial charge in [-0.1, -0.05) is 0 Å². The molecule has 0 aliphatic carbocycles. The van der Waals surface area contributed by atoms with Crippen LogP contribution in [-0.2, 0) is 22.6 Å². The molecule has 2 fully saturated rings. The van der Waals surface area contributed by atoms with Crippen LogP contribution >= 0.6 is 0 Å². The lowest BCUT2D eigenvalue weighted by atomic mass is 10.2. The highest BCUT2D eigenvalue weighted by Crippen LogP contribution is 2.27. The number of aromatic amines is 2. The molecule has 0 radical (unpaired) electrons. The first-order chi connectivity index (χ1) is 27.3. The van der Waals surface area contributed by atoms with E-state index in [1.807, 2.05) is 60.1 Å². The van der Waals surface area contributed by atoms with Crippen LogP contribution in [0.25, 0.3) is 22.1 Å². The van der Waals surface area contributed by atoms with Crippen molar-refractivity contribution in [1.29, 1.82) is 0 Å². The summed E-state index contributed by atoms with van der Waals surface area (Å²) >= 11 is 0. The van der Waals surface area contributed by atoms with Gasteiger partial charge in [0, 0.05) is 50.7 Å². The monoisotopic (exact) mass is 770 g/mol. The zero-order chi connectivity index (χ0) is 39.0. The number of nitrogens with zero attached hydrogens (tertiary/aromatic N) is 10. The number of ether oxygens (including phenoxy) is 4. The molecule has 2 atom stereocenters. The Morgan fingerprint density at radius 3 is 1.46 bits per heavy atom. The maximum atomic E-state index is 5.66. The van der Waals surface area contributed by atoms with Gasteiger partial charge in [0.25, 0.3) is 0 Å². The van der Waals surface area contributed by atoms with E-state index >= 15 is 0 Å². The molecule has 18 heteroatoms. The van der Waals surface area contributed by atoms with E-state index in [1.165, 1.54) is 0 Å². The first kappa shape index (κ1) is 39.0. The second-order valence-corrected chi connectivity index (χ2v) is 13.9. The Labute approximate surface area is 326 Å². The second kappa shape index (κ2) is 18.1. The zero-order valence-electron chi connectivity index (χ0n) is 33.2. The van der Waals surface area contributed by atoms with Crippen LogP contribution in [0.3, 0.4) is 0 Å². The van der Waals surface area contributed by atoms with Crippen molar-refractivity contribution in [2.75, 3.05) is 76.5 Å². The van der Waals surface area contributed by atoms with Gasteiger partial charge in [-0.25, -0.2) is 0 Å². The van der Waals surface area contributed by atoms with Gasteiger partial charge in [-0.3, -0.25) is 19.2 Å². The van der Waals surface area contributed by atoms with E-state index in [4.69, 9.17) is 18.9 Å². The Hall–Kier alpha value is -5.30. The van der Waals surface area contributed by atoms with Crippen molar-refractivity contribution >= 4 is 45.3 Å². The minimum atomic E-state index is 0.395. The van der Waals surface area contributed by atoms with Crippen molar-refractivity contribution in [3.05, 3.63) is 48.3 Å². The fourth-order valence-electron chi connectivity index (χ4n) is 6.95. The molecule has 2 aliphatic rings. The lowest BCUT2D eigenvalue weighted by Crippen LogP contribution is -2.44. The summed E-state index contributed by atoms with van der Waals surface area (Å²) in [5.74, 6) is 2.12. The molecular formula is C38H54N14O4. The Bertz CT molecular complexity index is 2010. The molecule has 56 heavy (non-hydrogen) atoms. The van der Waals surface area contributed by atoms with E-state index in [0.29, 0.717) is 49.0 Å². The first-order valence-electron chi connectivity index (χ1n) is 19.5. The molecule has 0 spiro atoms. The summed E-state index contributed by atoms with van der Waals surface area (Å²) in [6.07, 6.45) is 7.32. The number of anilines is 4. The van der Waals surface area contributed by atoms with Crippen molar-refractivity contribution in [2.24, 2.45) is 0 Å². The van der Waals surface area contributed by atoms with Gasteiger partial charge in [0.05, 0.1) is 98.7 Å². The molecule has 8 rings (SSSR count). The average molecular weight is 771 g/mol. The van der Waals surface area contributed by atoms with E-state index in [1.54, 1.807) is 0 Å². The fourth-order valence-corrected chi connectivity index (χ4v) is 6.95. The van der Waals surface area contributed by atoms with Gasteiger partial charge in [0.1, 0.15) is 11.3 Å². The Balaban J connectivity index is 0.000000172. The highest BCUT2D eigenvalue weighted by Gasteiger charge is 2.21. The van der Waals surface area contributed by atoms with Crippen LogP contribution in [0, 0.1) is 13.8 Å². The highest BCUT2D eigenvalue weighted by molar-refractivity contribution is 5.83. The minimum absolute atomic E-state index is 0.395. The zero-order valence-corrected chi connectivity index (χ0v) is 33.2. The topological polar surface area (TPSA) is 186 Å². The van der Waals surface area contributed by atoms with E-state index in [-0.39, 0.29) is 0 Å². The second-order valence-electron chi connectivity index (χ2n) is 13.9. The summed E-state index contributed by atoms with van der Waals surface area (Å²) in [6, 6.07) is 4.62. The van der Waals surface area contributed by atoms with Crippen molar-refractivity contribution in [1.82, 2.24) is 59.3 Å². The maximum Gasteiger partial charge on any atom is 0.232 e. The number of nitrogens with one attached hydrogen (secondary N) is 4. The number of rotatable bonds is 14. The molecule has 2 unspecified atom stereocenters. The smallest absolute Gasteiger partial charge is 0.232 e. The molecule has 0 amide bonds. The molecule has 2 saturated heterocycles. The van der Waals surface area contributed by atoms with Gasteiger partial charge < -0.3 is 39.5 Å². The van der Waals surface area contributed by atoms with Crippen LogP contribution < -0.4 is 20.1 Å². The SMILES string of the molecule is CCOc1nc(Nc2cnn(CC(C)N3CCOCC3)c2C)nc2[nH]ccc12.CCOc1nc(Nc2cnn(CC(C)N3CCOCC3)c2C)nc2[nH]ccc12. The van der Waals surface area contributed by atoms with Gasteiger partial charge in [-0.2, -0.15) is 30.1 Å². The summed E-state index contributed by atoms with van der Waals surface area (Å²) in [6.45, 7) is 22.3. The number of fused-ring (bicyclic) bond motifs is 2. The Morgan fingerprint density at radius 2 is 1.07 bits per heavy atom. The van der Waals surface area contributed by atoms with E-state index in [0.717, 1.165) is 111 Å². The maximum absolute atomic E-state index is 5.66. The summed E-state index contributed by atoms with van der Waals surface area (Å²) in [5.41, 5.74) is 5.37. The van der Waals surface area contributed by atoms with Crippen molar-refractivity contribution in [3.8, 4) is 11.8 Å². The normalized spacial score (nSPS) is 16.4. The highest BCUT2D eigenvalue weighted by atomic mass is 16.5. The van der Waals surface area contributed by atoms with Crippen LogP contribution in [0.4, 0.5) is 23.3 Å². The van der Waals surface area contributed by atoms with Crippen LogP contribution in [0.15, 0.2) is 36.9 Å². The summed E-state index contributed by atoms with van der Waals surface area (Å²) < 4.78 is 26.3. The fraction of sp³-hybridized carbons (Fsp3) is 0.526. The van der Waals surface area contributed by atoms with Crippen LogP contribution in [-0.4, -0.2) is 137 Å². The molecular weight excluding hydrogens is 717 g/mol. The molecule has 4 N–H and O–H groups in total. The van der Waals surface area contributed by atoms with Crippen molar-refractivity contribution in [2.45, 2.75) is 66.7 Å². The third-order valence-electron chi connectivity index (χ3n) is 10.2. The first-order valence-corrected chi connectivity index (χ1v) is 19.5.